The highest BCUT2D eigenvalue weighted by Gasteiger charge is 2.35. The number of ether oxygens (including phenoxy) is 1. The number of aliphatic hydroxyl groups is 1. The van der Waals surface area contributed by atoms with E-state index in [1.165, 1.54) is 0 Å². The van der Waals surface area contributed by atoms with E-state index in [9.17, 15) is 9.90 Å². The minimum Gasteiger partial charge on any atom is -0.491 e. The Morgan fingerprint density at radius 3 is 2.74 bits per heavy atom. The van der Waals surface area contributed by atoms with Gasteiger partial charge in [0.25, 0.3) is 0 Å². The van der Waals surface area contributed by atoms with E-state index in [1.807, 2.05) is 20.9 Å². The van der Waals surface area contributed by atoms with E-state index in [2.05, 4.69) is 33.0 Å². The normalized spacial score (nSPS) is 21.0. The Morgan fingerprint density at radius 1 is 1.18 bits per heavy atom. The second-order valence-electron chi connectivity index (χ2n) is 10.00. The molecule has 0 bridgehead atoms. The maximum Gasteiger partial charge on any atom is 0.228 e. The summed E-state index contributed by atoms with van der Waals surface area (Å²) in [4.78, 5) is 28.5. The fourth-order valence-corrected chi connectivity index (χ4v) is 5.28. The maximum atomic E-state index is 12.6. The standard InChI is InChI=1S/C26H35N5O3/c1-17(2)34-23-14-19(30-11-8-21(32)9-12-30)7-6-18(23)13-24-27-16-22-26(28-24)31-10-4-5-20(31)15-25(33)29(22)3/h6-7,14,16-17,20-21,32H,4-5,8-13,15H2,1-3H3/t20-/m0/s1. The lowest BCUT2D eigenvalue weighted by atomic mass is 10.0. The number of aromatic nitrogens is 2. The van der Waals surface area contributed by atoms with Gasteiger partial charge in [-0.2, -0.15) is 0 Å². The molecule has 0 unspecified atom stereocenters. The van der Waals surface area contributed by atoms with Crippen molar-refractivity contribution in [3.05, 3.63) is 35.8 Å². The average Bonchev–Trinajstić information content (AvgIpc) is 3.24. The first kappa shape index (κ1) is 22.9. The number of carbonyl (C=O) groups is 1. The van der Waals surface area contributed by atoms with Gasteiger partial charge in [0.1, 0.15) is 17.3 Å². The zero-order valence-corrected chi connectivity index (χ0v) is 20.4. The molecule has 1 N–H and O–H groups in total. The van der Waals surface area contributed by atoms with E-state index in [-0.39, 0.29) is 24.2 Å². The maximum absolute atomic E-state index is 12.6. The fourth-order valence-electron chi connectivity index (χ4n) is 5.28. The lowest BCUT2D eigenvalue weighted by Crippen LogP contribution is -2.35. The molecule has 0 saturated carbocycles. The molecule has 0 radical (unpaired) electrons. The second-order valence-corrected chi connectivity index (χ2v) is 10.00. The summed E-state index contributed by atoms with van der Waals surface area (Å²) in [5, 5.41) is 9.85. The van der Waals surface area contributed by atoms with Gasteiger partial charge in [-0.3, -0.25) is 4.79 Å². The van der Waals surface area contributed by atoms with E-state index >= 15 is 0 Å². The lowest BCUT2D eigenvalue weighted by Gasteiger charge is -2.32. The molecule has 8 heteroatoms. The lowest BCUT2D eigenvalue weighted by molar-refractivity contribution is -0.118. The van der Waals surface area contributed by atoms with Crippen LogP contribution in [0.1, 0.15) is 57.3 Å². The Balaban J connectivity index is 1.44. The molecular weight excluding hydrogens is 430 g/mol. The molecule has 1 amide bonds. The summed E-state index contributed by atoms with van der Waals surface area (Å²) in [7, 11) is 1.82. The fraction of sp³-hybridized carbons (Fsp3) is 0.577. The quantitative estimate of drug-likeness (QED) is 0.726. The SMILES string of the molecule is CC(C)Oc1cc(N2CCC(O)CC2)ccc1Cc1ncc2c(n1)N1CCC[C@H]1CC(=O)N2C. The first-order valence-electron chi connectivity index (χ1n) is 12.5. The van der Waals surface area contributed by atoms with Crippen molar-refractivity contribution in [2.45, 2.75) is 70.6 Å². The molecule has 4 heterocycles. The molecule has 2 fully saturated rings. The van der Waals surface area contributed by atoms with Crippen molar-refractivity contribution in [3.63, 3.8) is 0 Å². The number of nitrogens with zero attached hydrogens (tertiary/aromatic N) is 5. The van der Waals surface area contributed by atoms with Crippen LogP contribution in [-0.4, -0.2) is 65.9 Å². The van der Waals surface area contributed by atoms with Crippen LogP contribution >= 0.6 is 0 Å². The molecule has 8 nitrogen and oxygen atoms in total. The molecule has 34 heavy (non-hydrogen) atoms. The van der Waals surface area contributed by atoms with Gasteiger partial charge in [-0.05, 0) is 45.6 Å². The number of hydrogen-bond donors (Lipinski definition) is 1. The molecule has 1 aromatic heterocycles. The van der Waals surface area contributed by atoms with Crippen molar-refractivity contribution in [3.8, 4) is 5.75 Å². The first-order chi connectivity index (χ1) is 16.4. The van der Waals surface area contributed by atoms with Gasteiger partial charge in [0.15, 0.2) is 5.82 Å². The third-order valence-electron chi connectivity index (χ3n) is 7.19. The van der Waals surface area contributed by atoms with Crippen LogP contribution in [0.15, 0.2) is 24.4 Å². The van der Waals surface area contributed by atoms with Crippen LogP contribution in [0.25, 0.3) is 0 Å². The number of rotatable bonds is 5. The summed E-state index contributed by atoms with van der Waals surface area (Å²) in [6, 6.07) is 6.58. The van der Waals surface area contributed by atoms with E-state index in [0.29, 0.717) is 12.8 Å². The number of carbonyl (C=O) groups excluding carboxylic acids is 1. The van der Waals surface area contributed by atoms with Crippen LogP contribution in [0.3, 0.4) is 0 Å². The molecule has 2 aromatic rings. The molecule has 182 valence electrons. The van der Waals surface area contributed by atoms with Crippen LogP contribution in [-0.2, 0) is 11.2 Å². The summed E-state index contributed by atoms with van der Waals surface area (Å²) in [6.45, 7) is 6.69. The van der Waals surface area contributed by atoms with Gasteiger partial charge in [0.05, 0.1) is 18.4 Å². The molecule has 5 rings (SSSR count). The summed E-state index contributed by atoms with van der Waals surface area (Å²) in [5.41, 5.74) is 2.96. The summed E-state index contributed by atoms with van der Waals surface area (Å²) >= 11 is 0. The van der Waals surface area contributed by atoms with Crippen molar-refractivity contribution < 1.29 is 14.6 Å². The molecule has 1 aromatic carbocycles. The molecule has 3 aliphatic rings. The number of aliphatic hydroxyl groups excluding tert-OH is 1. The monoisotopic (exact) mass is 465 g/mol. The predicted molar refractivity (Wildman–Crippen MR) is 133 cm³/mol. The van der Waals surface area contributed by atoms with Gasteiger partial charge in [0.2, 0.25) is 5.91 Å². The molecule has 3 aliphatic heterocycles. The molecule has 0 spiro atoms. The highest BCUT2D eigenvalue weighted by molar-refractivity contribution is 5.97. The highest BCUT2D eigenvalue weighted by Crippen LogP contribution is 2.37. The van der Waals surface area contributed by atoms with Crippen molar-refractivity contribution in [1.82, 2.24) is 9.97 Å². The first-order valence-corrected chi connectivity index (χ1v) is 12.5. The van der Waals surface area contributed by atoms with Crippen LogP contribution in [0.2, 0.25) is 0 Å². The predicted octanol–water partition coefficient (Wildman–Crippen LogP) is 3.15. The zero-order valence-electron chi connectivity index (χ0n) is 20.4. The third-order valence-corrected chi connectivity index (χ3v) is 7.19. The summed E-state index contributed by atoms with van der Waals surface area (Å²) in [5.74, 6) is 2.58. The number of fused-ring (bicyclic) bond motifs is 3. The van der Waals surface area contributed by atoms with E-state index in [4.69, 9.17) is 9.72 Å². The number of amides is 1. The minimum absolute atomic E-state index is 0.0511. The van der Waals surface area contributed by atoms with Gasteiger partial charge in [-0.15, -0.1) is 0 Å². The Morgan fingerprint density at radius 2 is 1.97 bits per heavy atom. The third kappa shape index (κ3) is 4.56. The Hall–Kier alpha value is -2.87. The number of hydrogen-bond acceptors (Lipinski definition) is 7. The van der Waals surface area contributed by atoms with E-state index in [0.717, 1.165) is 79.6 Å². The minimum atomic E-state index is -0.197. The van der Waals surface area contributed by atoms with Crippen LogP contribution in [0.5, 0.6) is 5.75 Å². The van der Waals surface area contributed by atoms with Gasteiger partial charge < -0.3 is 24.5 Å². The second kappa shape index (κ2) is 9.41. The zero-order chi connectivity index (χ0) is 23.8. The van der Waals surface area contributed by atoms with Crippen molar-refractivity contribution in [2.24, 2.45) is 0 Å². The van der Waals surface area contributed by atoms with E-state index in [1.54, 1.807) is 11.1 Å². The molecule has 1 atom stereocenters. The van der Waals surface area contributed by atoms with Crippen LogP contribution in [0.4, 0.5) is 17.2 Å². The van der Waals surface area contributed by atoms with Crippen molar-refractivity contribution in [2.75, 3.05) is 41.4 Å². The Kier molecular flexibility index (Phi) is 6.34. The molecule has 2 saturated heterocycles. The molecule has 0 aliphatic carbocycles. The average molecular weight is 466 g/mol. The van der Waals surface area contributed by atoms with Gasteiger partial charge in [0, 0.05) is 62.9 Å². The van der Waals surface area contributed by atoms with Gasteiger partial charge in [-0.25, -0.2) is 9.97 Å². The smallest absolute Gasteiger partial charge is 0.228 e. The summed E-state index contributed by atoms with van der Waals surface area (Å²) < 4.78 is 6.21. The number of piperidine rings is 1. The van der Waals surface area contributed by atoms with Crippen LogP contribution < -0.4 is 19.4 Å². The molecular formula is C26H35N5O3. The highest BCUT2D eigenvalue weighted by atomic mass is 16.5. The number of benzene rings is 1. The Labute approximate surface area is 201 Å². The van der Waals surface area contributed by atoms with Crippen molar-refractivity contribution in [1.29, 1.82) is 0 Å². The van der Waals surface area contributed by atoms with E-state index < -0.39 is 0 Å². The van der Waals surface area contributed by atoms with Crippen LogP contribution in [0, 0.1) is 0 Å². The topological polar surface area (TPSA) is 82.0 Å². The van der Waals surface area contributed by atoms with Gasteiger partial charge >= 0.3 is 0 Å². The number of anilines is 3. The van der Waals surface area contributed by atoms with Gasteiger partial charge in [-0.1, -0.05) is 6.07 Å². The summed E-state index contributed by atoms with van der Waals surface area (Å²) in [6.07, 6.45) is 6.44. The Bertz CT molecular complexity index is 1050. The van der Waals surface area contributed by atoms with Crippen molar-refractivity contribution >= 4 is 23.1 Å². The largest absolute Gasteiger partial charge is 0.491 e.